The van der Waals surface area contributed by atoms with Crippen LogP contribution in [0.15, 0.2) is 36.4 Å². The monoisotopic (exact) mass is 390 g/mol. The van der Waals surface area contributed by atoms with Gasteiger partial charge in [-0.1, -0.05) is 32.4 Å². The summed E-state index contributed by atoms with van der Waals surface area (Å²) in [6, 6.07) is 11.8. The van der Waals surface area contributed by atoms with Gasteiger partial charge in [0, 0.05) is 35.1 Å². The zero-order chi connectivity index (χ0) is 20.7. The van der Waals surface area contributed by atoms with E-state index in [1.165, 1.54) is 5.69 Å². The number of hydrogen-bond acceptors (Lipinski definition) is 2. The molecule has 0 fully saturated rings. The fourth-order valence-electron chi connectivity index (χ4n) is 4.08. The molecule has 0 aliphatic carbocycles. The Bertz CT molecular complexity index is 1200. The number of benzene rings is 2. The van der Waals surface area contributed by atoms with E-state index in [0.717, 1.165) is 64.2 Å². The van der Waals surface area contributed by atoms with E-state index < -0.39 is 0 Å². The number of halogens is 1. The first kappa shape index (κ1) is 19.4. The topological polar surface area (TPSA) is 35.6 Å². The van der Waals surface area contributed by atoms with Crippen LogP contribution in [0.5, 0.6) is 0 Å². The molecule has 0 amide bonds. The van der Waals surface area contributed by atoms with Crippen LogP contribution in [-0.2, 0) is 19.9 Å². The van der Waals surface area contributed by atoms with Crippen LogP contribution >= 0.6 is 0 Å². The fourth-order valence-corrected chi connectivity index (χ4v) is 4.08. The maximum atomic E-state index is 14.6. The highest BCUT2D eigenvalue weighted by atomic mass is 19.1. The first-order valence-electron chi connectivity index (χ1n) is 10.2. The van der Waals surface area contributed by atoms with Gasteiger partial charge in [0.25, 0.3) is 0 Å². The zero-order valence-electron chi connectivity index (χ0n) is 17.8. The van der Waals surface area contributed by atoms with Crippen molar-refractivity contribution in [3.63, 3.8) is 0 Å². The van der Waals surface area contributed by atoms with Gasteiger partial charge < -0.3 is 0 Å². The third-order valence-electron chi connectivity index (χ3n) is 5.71. The summed E-state index contributed by atoms with van der Waals surface area (Å²) in [5.74, 6) is 0.605. The predicted molar refractivity (Wildman–Crippen MR) is 116 cm³/mol. The van der Waals surface area contributed by atoms with Crippen molar-refractivity contribution in [1.29, 1.82) is 0 Å². The van der Waals surface area contributed by atoms with Crippen molar-refractivity contribution in [1.82, 2.24) is 19.3 Å². The molecule has 29 heavy (non-hydrogen) atoms. The Morgan fingerprint density at radius 3 is 2.52 bits per heavy atom. The van der Waals surface area contributed by atoms with Crippen LogP contribution in [0, 0.1) is 19.7 Å². The van der Waals surface area contributed by atoms with E-state index in [-0.39, 0.29) is 5.82 Å². The molecule has 0 saturated heterocycles. The molecule has 0 bridgehead atoms. The van der Waals surface area contributed by atoms with Gasteiger partial charge in [-0.2, -0.15) is 5.10 Å². The molecule has 4 nitrogen and oxygen atoms in total. The standard InChI is InChI=1S/C24H27FN4/c1-6-8-17-9-10-18(13-21(17)25)24-26-15(3)16(4)29(24)19-11-12-22-20(14-19)23(7-2)28(5)27-22/h9-14H,6-8H2,1-5H3. The molecule has 0 N–H and O–H groups in total. The van der Waals surface area contributed by atoms with Crippen LogP contribution in [0.3, 0.4) is 0 Å². The summed E-state index contributed by atoms with van der Waals surface area (Å²) in [6.45, 7) is 8.26. The summed E-state index contributed by atoms with van der Waals surface area (Å²) in [7, 11) is 1.98. The molecule has 4 rings (SSSR count). The predicted octanol–water partition coefficient (Wildman–Crippen LogP) is 5.70. The lowest BCUT2D eigenvalue weighted by Crippen LogP contribution is -2.01. The lowest BCUT2D eigenvalue weighted by atomic mass is 10.1. The molecule has 0 saturated carbocycles. The molecule has 4 aromatic rings. The van der Waals surface area contributed by atoms with Gasteiger partial charge in [-0.3, -0.25) is 9.25 Å². The Morgan fingerprint density at radius 2 is 1.83 bits per heavy atom. The van der Waals surface area contributed by atoms with Crippen molar-refractivity contribution < 1.29 is 4.39 Å². The van der Waals surface area contributed by atoms with E-state index in [1.54, 1.807) is 6.07 Å². The zero-order valence-corrected chi connectivity index (χ0v) is 17.8. The summed E-state index contributed by atoms with van der Waals surface area (Å²) < 4.78 is 18.7. The molecule has 0 unspecified atom stereocenters. The quantitative estimate of drug-likeness (QED) is 0.438. The molecule has 0 spiro atoms. The Balaban J connectivity index is 1.90. The Hall–Kier alpha value is -2.95. The van der Waals surface area contributed by atoms with Crippen molar-refractivity contribution >= 4 is 10.9 Å². The third-order valence-corrected chi connectivity index (χ3v) is 5.71. The highest BCUT2D eigenvalue weighted by molar-refractivity contribution is 5.84. The lowest BCUT2D eigenvalue weighted by molar-refractivity contribution is 0.607. The summed E-state index contributed by atoms with van der Waals surface area (Å²) in [4.78, 5) is 4.78. The molecule has 2 heterocycles. The van der Waals surface area contributed by atoms with Gasteiger partial charge in [-0.25, -0.2) is 9.37 Å². The summed E-state index contributed by atoms with van der Waals surface area (Å²) in [6.07, 6.45) is 2.58. The van der Waals surface area contributed by atoms with E-state index in [2.05, 4.69) is 42.6 Å². The smallest absolute Gasteiger partial charge is 0.145 e. The van der Waals surface area contributed by atoms with E-state index in [0.29, 0.717) is 0 Å². The molecule has 2 aromatic carbocycles. The van der Waals surface area contributed by atoms with Crippen LogP contribution in [0.2, 0.25) is 0 Å². The average Bonchev–Trinajstić information content (AvgIpc) is 3.18. The normalized spacial score (nSPS) is 11.5. The molecule has 0 aliphatic heterocycles. The summed E-state index contributed by atoms with van der Waals surface area (Å²) >= 11 is 0. The minimum absolute atomic E-state index is 0.162. The maximum absolute atomic E-state index is 14.6. The second kappa shape index (κ2) is 7.47. The first-order valence-corrected chi connectivity index (χ1v) is 10.2. The highest BCUT2D eigenvalue weighted by Gasteiger charge is 2.17. The van der Waals surface area contributed by atoms with Crippen molar-refractivity contribution in [2.24, 2.45) is 7.05 Å². The molecular weight excluding hydrogens is 363 g/mol. The molecular formula is C24H27FN4. The van der Waals surface area contributed by atoms with Crippen molar-refractivity contribution in [2.45, 2.75) is 47.0 Å². The van der Waals surface area contributed by atoms with Crippen molar-refractivity contribution in [2.75, 3.05) is 0 Å². The van der Waals surface area contributed by atoms with Gasteiger partial charge in [-0.15, -0.1) is 0 Å². The second-order valence-corrected chi connectivity index (χ2v) is 7.62. The highest BCUT2D eigenvalue weighted by Crippen LogP contribution is 2.30. The molecule has 150 valence electrons. The number of aromatic nitrogens is 4. The van der Waals surface area contributed by atoms with E-state index in [1.807, 2.05) is 36.9 Å². The molecule has 5 heteroatoms. The molecule has 2 aromatic heterocycles. The van der Waals surface area contributed by atoms with Gasteiger partial charge in [-0.05, 0) is 56.5 Å². The summed E-state index contributed by atoms with van der Waals surface area (Å²) in [5, 5.41) is 5.75. The van der Waals surface area contributed by atoms with Gasteiger partial charge in [0.1, 0.15) is 11.6 Å². The van der Waals surface area contributed by atoms with E-state index in [4.69, 9.17) is 4.98 Å². The van der Waals surface area contributed by atoms with Crippen molar-refractivity contribution in [3.05, 3.63) is 64.9 Å². The Morgan fingerprint density at radius 1 is 1.03 bits per heavy atom. The second-order valence-electron chi connectivity index (χ2n) is 7.62. The summed E-state index contributed by atoms with van der Waals surface area (Å²) in [5.41, 5.74) is 6.75. The van der Waals surface area contributed by atoms with Gasteiger partial charge in [0.15, 0.2) is 0 Å². The van der Waals surface area contributed by atoms with Gasteiger partial charge in [0.2, 0.25) is 0 Å². The van der Waals surface area contributed by atoms with Crippen LogP contribution in [0.1, 0.15) is 42.9 Å². The third kappa shape index (κ3) is 3.24. The Labute approximate surface area is 171 Å². The number of rotatable bonds is 5. The van der Waals surface area contributed by atoms with Crippen molar-refractivity contribution in [3.8, 4) is 17.1 Å². The van der Waals surface area contributed by atoms with Crippen LogP contribution < -0.4 is 0 Å². The van der Waals surface area contributed by atoms with Crippen LogP contribution in [0.25, 0.3) is 28.0 Å². The van der Waals surface area contributed by atoms with Gasteiger partial charge in [0.05, 0.1) is 11.2 Å². The van der Waals surface area contributed by atoms with Crippen LogP contribution in [0.4, 0.5) is 4.39 Å². The lowest BCUT2D eigenvalue weighted by Gasteiger charge is -2.12. The number of aryl methyl sites for hydroxylation is 4. The number of hydrogen-bond donors (Lipinski definition) is 0. The molecule has 0 aliphatic rings. The molecule has 0 atom stereocenters. The number of imidazole rings is 1. The SMILES string of the molecule is CCCc1ccc(-c2nc(C)c(C)n2-c2ccc3nn(C)c(CC)c3c2)cc1F. The van der Waals surface area contributed by atoms with Gasteiger partial charge >= 0.3 is 0 Å². The first-order chi connectivity index (χ1) is 13.9. The van der Waals surface area contributed by atoms with Crippen LogP contribution in [-0.4, -0.2) is 19.3 Å². The molecule has 0 radical (unpaired) electrons. The average molecular weight is 391 g/mol. The largest absolute Gasteiger partial charge is 0.297 e. The maximum Gasteiger partial charge on any atom is 0.145 e. The minimum atomic E-state index is -0.162. The number of nitrogens with zero attached hydrogens (tertiary/aromatic N) is 4. The number of fused-ring (bicyclic) bond motifs is 1. The minimum Gasteiger partial charge on any atom is -0.297 e. The fraction of sp³-hybridized carbons (Fsp3) is 0.333. The van der Waals surface area contributed by atoms with E-state index in [9.17, 15) is 4.39 Å². The van der Waals surface area contributed by atoms with E-state index >= 15 is 0 Å². The Kier molecular flexibility index (Phi) is 4.99.